The highest BCUT2D eigenvalue weighted by Crippen LogP contribution is 2.27. The number of nitrogens with one attached hydrogen (secondary N) is 1. The molecular formula is C17H19NO4. The van der Waals surface area contributed by atoms with Gasteiger partial charge in [0.05, 0.1) is 18.4 Å². The largest absolute Gasteiger partial charge is 0.493 e. The summed E-state index contributed by atoms with van der Waals surface area (Å²) in [4.78, 5) is 23.5. The van der Waals surface area contributed by atoms with Gasteiger partial charge in [-0.25, -0.2) is 0 Å². The van der Waals surface area contributed by atoms with Gasteiger partial charge < -0.3 is 15.2 Å². The summed E-state index contributed by atoms with van der Waals surface area (Å²) >= 11 is 0. The molecule has 1 aromatic carbocycles. The lowest BCUT2D eigenvalue weighted by Crippen LogP contribution is -2.38. The number of fused-ring (bicyclic) bond motifs is 1. The summed E-state index contributed by atoms with van der Waals surface area (Å²) in [5.41, 5.74) is 2.17. The standard InChI is InChI=1S/C17H19NO4/c19-16(13-3-1-2-4-14(13)17(20)21)18-10-11-5-6-15-12(9-11)7-8-22-15/h1-2,5-6,9,13-14H,3-4,7-8,10H2,(H,18,19)(H,20,21). The molecule has 2 aliphatic rings. The van der Waals surface area contributed by atoms with Crippen molar-refractivity contribution in [1.29, 1.82) is 0 Å². The lowest BCUT2D eigenvalue weighted by Gasteiger charge is -2.24. The molecule has 116 valence electrons. The number of amides is 1. The minimum absolute atomic E-state index is 0.187. The van der Waals surface area contributed by atoms with Crippen LogP contribution in [0.2, 0.25) is 0 Å². The predicted molar refractivity (Wildman–Crippen MR) is 80.5 cm³/mol. The minimum atomic E-state index is -0.904. The number of hydrogen-bond acceptors (Lipinski definition) is 3. The van der Waals surface area contributed by atoms with Crippen LogP contribution in [0.15, 0.2) is 30.4 Å². The van der Waals surface area contributed by atoms with Gasteiger partial charge in [-0.2, -0.15) is 0 Å². The van der Waals surface area contributed by atoms with E-state index in [-0.39, 0.29) is 5.91 Å². The Balaban J connectivity index is 1.62. The number of carboxylic acids is 1. The molecule has 0 radical (unpaired) electrons. The molecule has 1 heterocycles. The number of aliphatic carboxylic acids is 1. The molecule has 0 saturated carbocycles. The van der Waals surface area contributed by atoms with Crippen LogP contribution in [-0.2, 0) is 22.6 Å². The number of carbonyl (C=O) groups excluding carboxylic acids is 1. The average molecular weight is 301 g/mol. The third-order valence-electron chi connectivity index (χ3n) is 4.31. The van der Waals surface area contributed by atoms with Gasteiger partial charge in [-0.15, -0.1) is 0 Å². The molecule has 1 aromatic rings. The van der Waals surface area contributed by atoms with Crippen LogP contribution in [0.4, 0.5) is 0 Å². The lowest BCUT2D eigenvalue weighted by atomic mass is 9.82. The predicted octanol–water partition coefficient (Wildman–Crippen LogP) is 1.90. The quantitative estimate of drug-likeness (QED) is 0.833. The molecule has 1 aliphatic heterocycles. The maximum Gasteiger partial charge on any atom is 0.307 e. The smallest absolute Gasteiger partial charge is 0.307 e. The van der Waals surface area contributed by atoms with Gasteiger partial charge in [0, 0.05) is 13.0 Å². The van der Waals surface area contributed by atoms with Gasteiger partial charge in [0.25, 0.3) is 0 Å². The number of benzene rings is 1. The Hall–Kier alpha value is -2.30. The first-order chi connectivity index (χ1) is 10.6. The Kier molecular flexibility index (Phi) is 4.13. The van der Waals surface area contributed by atoms with Gasteiger partial charge >= 0.3 is 5.97 Å². The number of hydrogen-bond donors (Lipinski definition) is 2. The van der Waals surface area contributed by atoms with Crippen molar-refractivity contribution in [3.05, 3.63) is 41.5 Å². The Labute approximate surface area is 129 Å². The van der Waals surface area contributed by atoms with Crippen LogP contribution in [0.25, 0.3) is 0 Å². The van der Waals surface area contributed by atoms with Gasteiger partial charge in [0.15, 0.2) is 0 Å². The van der Waals surface area contributed by atoms with Crippen LogP contribution in [0.5, 0.6) is 5.75 Å². The van der Waals surface area contributed by atoms with Crippen molar-refractivity contribution in [2.24, 2.45) is 11.8 Å². The first-order valence-corrected chi connectivity index (χ1v) is 7.55. The van der Waals surface area contributed by atoms with Crippen molar-refractivity contribution in [1.82, 2.24) is 5.32 Å². The molecule has 1 amide bonds. The topological polar surface area (TPSA) is 75.6 Å². The van der Waals surface area contributed by atoms with E-state index in [1.165, 1.54) is 0 Å². The van der Waals surface area contributed by atoms with Gasteiger partial charge in [0.1, 0.15) is 5.75 Å². The van der Waals surface area contributed by atoms with Gasteiger partial charge in [-0.3, -0.25) is 9.59 Å². The number of ether oxygens (including phenoxy) is 1. The van der Waals surface area contributed by atoms with E-state index in [9.17, 15) is 14.7 Å². The third-order valence-corrected chi connectivity index (χ3v) is 4.31. The minimum Gasteiger partial charge on any atom is -0.493 e. The highest BCUT2D eigenvalue weighted by atomic mass is 16.5. The van der Waals surface area contributed by atoms with E-state index in [2.05, 4.69) is 5.32 Å². The van der Waals surface area contributed by atoms with Crippen LogP contribution in [0.3, 0.4) is 0 Å². The van der Waals surface area contributed by atoms with E-state index in [1.54, 1.807) is 0 Å². The zero-order chi connectivity index (χ0) is 15.5. The Bertz CT molecular complexity index is 623. The maximum atomic E-state index is 12.3. The second-order valence-electron chi connectivity index (χ2n) is 5.75. The van der Waals surface area contributed by atoms with E-state index in [0.717, 1.165) is 23.3 Å². The number of allylic oxidation sites excluding steroid dienone is 2. The van der Waals surface area contributed by atoms with Crippen LogP contribution in [0.1, 0.15) is 24.0 Å². The summed E-state index contributed by atoms with van der Waals surface area (Å²) in [5.74, 6) is -1.29. The fourth-order valence-electron chi connectivity index (χ4n) is 3.05. The second-order valence-corrected chi connectivity index (χ2v) is 5.75. The summed E-state index contributed by atoms with van der Waals surface area (Å²) in [5, 5.41) is 12.1. The summed E-state index contributed by atoms with van der Waals surface area (Å²) in [6.07, 6.45) is 5.52. The molecule has 0 fully saturated rings. The number of carbonyl (C=O) groups is 2. The summed E-state index contributed by atoms with van der Waals surface area (Å²) in [6, 6.07) is 5.89. The van der Waals surface area contributed by atoms with E-state index in [0.29, 0.717) is 26.0 Å². The molecular weight excluding hydrogens is 282 g/mol. The van der Waals surface area contributed by atoms with Crippen LogP contribution in [-0.4, -0.2) is 23.6 Å². The molecule has 5 nitrogen and oxygen atoms in total. The molecule has 2 N–H and O–H groups in total. The summed E-state index contributed by atoms with van der Waals surface area (Å²) < 4.78 is 5.45. The van der Waals surface area contributed by atoms with E-state index in [1.807, 2.05) is 30.4 Å². The molecule has 0 aromatic heterocycles. The molecule has 0 bridgehead atoms. The first-order valence-electron chi connectivity index (χ1n) is 7.55. The highest BCUT2D eigenvalue weighted by molar-refractivity contribution is 5.85. The Morgan fingerprint density at radius 2 is 2.00 bits per heavy atom. The second kappa shape index (κ2) is 6.22. The fourth-order valence-corrected chi connectivity index (χ4v) is 3.05. The Morgan fingerprint density at radius 1 is 1.23 bits per heavy atom. The first kappa shape index (κ1) is 14.6. The van der Waals surface area contributed by atoms with E-state index >= 15 is 0 Å². The summed E-state index contributed by atoms with van der Waals surface area (Å²) in [6.45, 7) is 1.12. The number of carboxylic acid groups (broad SMARTS) is 1. The zero-order valence-electron chi connectivity index (χ0n) is 12.2. The van der Waals surface area contributed by atoms with Crippen molar-refractivity contribution in [2.45, 2.75) is 25.8 Å². The van der Waals surface area contributed by atoms with Gasteiger partial charge in [-0.1, -0.05) is 24.3 Å². The normalized spacial score (nSPS) is 22.7. The van der Waals surface area contributed by atoms with Crippen molar-refractivity contribution in [3.63, 3.8) is 0 Å². The van der Waals surface area contributed by atoms with Crippen molar-refractivity contribution >= 4 is 11.9 Å². The molecule has 5 heteroatoms. The molecule has 2 unspecified atom stereocenters. The Morgan fingerprint density at radius 3 is 2.77 bits per heavy atom. The maximum absolute atomic E-state index is 12.3. The average Bonchev–Trinajstić information content (AvgIpc) is 3.00. The molecule has 2 atom stereocenters. The number of rotatable bonds is 4. The molecule has 22 heavy (non-hydrogen) atoms. The fraction of sp³-hybridized carbons (Fsp3) is 0.412. The highest BCUT2D eigenvalue weighted by Gasteiger charge is 2.33. The molecule has 0 spiro atoms. The SMILES string of the molecule is O=C(O)C1CC=CCC1C(=O)NCc1ccc2c(c1)CCO2. The molecule has 1 aliphatic carbocycles. The van der Waals surface area contributed by atoms with E-state index < -0.39 is 17.8 Å². The van der Waals surface area contributed by atoms with Gasteiger partial charge in [-0.05, 0) is 30.0 Å². The molecule has 3 rings (SSSR count). The van der Waals surface area contributed by atoms with Crippen molar-refractivity contribution < 1.29 is 19.4 Å². The molecule has 0 saturated heterocycles. The summed E-state index contributed by atoms with van der Waals surface area (Å²) in [7, 11) is 0. The monoisotopic (exact) mass is 301 g/mol. The van der Waals surface area contributed by atoms with Gasteiger partial charge in [0.2, 0.25) is 5.91 Å². The van der Waals surface area contributed by atoms with Crippen molar-refractivity contribution in [3.8, 4) is 5.75 Å². The third kappa shape index (κ3) is 2.98. The van der Waals surface area contributed by atoms with Crippen molar-refractivity contribution in [2.75, 3.05) is 6.61 Å². The van der Waals surface area contributed by atoms with Crippen LogP contribution >= 0.6 is 0 Å². The van der Waals surface area contributed by atoms with E-state index in [4.69, 9.17) is 4.74 Å². The lowest BCUT2D eigenvalue weighted by molar-refractivity contribution is -0.147. The van der Waals surface area contributed by atoms with Crippen LogP contribution in [0, 0.1) is 11.8 Å². The van der Waals surface area contributed by atoms with Crippen LogP contribution < -0.4 is 10.1 Å². The zero-order valence-corrected chi connectivity index (χ0v) is 12.2.